The first kappa shape index (κ1) is 8.76. The molecule has 0 rings (SSSR count). The minimum Gasteiger partial charge on any atom is -0.465 e. The number of carbonyl (C=O) groups is 1. The van der Waals surface area contributed by atoms with Gasteiger partial charge in [-0.2, -0.15) is 0 Å². The van der Waals surface area contributed by atoms with Crippen LogP contribution < -0.4 is 0 Å². The van der Waals surface area contributed by atoms with Crippen molar-refractivity contribution < 1.29 is 9.53 Å². The van der Waals surface area contributed by atoms with Crippen molar-refractivity contribution in [2.75, 3.05) is 6.61 Å². The Morgan fingerprint density at radius 1 is 1.89 bits per heavy atom. The van der Waals surface area contributed by atoms with E-state index in [1.807, 2.05) is 0 Å². The molecule has 0 saturated heterocycles. The van der Waals surface area contributed by atoms with E-state index in [4.69, 9.17) is 11.6 Å². The Morgan fingerprint density at radius 2 is 2.44 bits per heavy atom. The summed E-state index contributed by atoms with van der Waals surface area (Å²) in [5.74, 6) is -0.373. The molecule has 0 aromatic rings. The maximum atomic E-state index is 10.6. The first-order valence-corrected chi connectivity index (χ1v) is 3.26. The van der Waals surface area contributed by atoms with Crippen LogP contribution in [0.4, 0.5) is 0 Å². The number of hydrogen-bond acceptors (Lipinski definition) is 2. The monoisotopic (exact) mass is 149 g/mol. The lowest BCUT2D eigenvalue weighted by Gasteiger charge is -2.03. The van der Waals surface area contributed by atoms with Crippen LogP contribution in [0, 0.1) is 6.42 Å². The third kappa shape index (κ3) is 3.36. The van der Waals surface area contributed by atoms with Crippen molar-refractivity contribution in [2.45, 2.75) is 19.2 Å². The van der Waals surface area contributed by atoms with Crippen molar-refractivity contribution in [1.29, 1.82) is 0 Å². The van der Waals surface area contributed by atoms with Crippen LogP contribution in [0.1, 0.15) is 13.8 Å². The van der Waals surface area contributed by atoms with Gasteiger partial charge in [-0.15, -0.1) is 11.6 Å². The molecule has 0 aromatic carbocycles. The molecule has 0 amide bonds. The standard InChI is InChI=1S/C6H10ClO2/c1-3-5(7)6(8)9-4-2/h3,5H,4H2,1-2H3. The Bertz CT molecular complexity index is 93.1. The molecular formula is C6H10ClO2. The zero-order chi connectivity index (χ0) is 7.28. The van der Waals surface area contributed by atoms with E-state index in [0.717, 1.165) is 0 Å². The van der Waals surface area contributed by atoms with Crippen LogP contribution in [-0.2, 0) is 9.53 Å². The number of halogens is 1. The highest BCUT2D eigenvalue weighted by atomic mass is 35.5. The first-order chi connectivity index (χ1) is 4.22. The summed E-state index contributed by atoms with van der Waals surface area (Å²) in [6.07, 6.45) is 1.58. The van der Waals surface area contributed by atoms with Crippen LogP contribution in [0.3, 0.4) is 0 Å². The van der Waals surface area contributed by atoms with Crippen LogP contribution in [0.15, 0.2) is 0 Å². The Kier molecular flexibility index (Phi) is 4.50. The highest BCUT2D eigenvalue weighted by Crippen LogP contribution is 2.01. The molecule has 1 radical (unpaired) electrons. The Balaban J connectivity index is 3.46. The largest absolute Gasteiger partial charge is 0.465 e. The average Bonchev–Trinajstić information content (AvgIpc) is 1.87. The van der Waals surface area contributed by atoms with Gasteiger partial charge in [-0.25, -0.2) is 0 Å². The number of ether oxygens (including phenoxy) is 1. The van der Waals surface area contributed by atoms with Crippen LogP contribution >= 0.6 is 11.6 Å². The highest BCUT2D eigenvalue weighted by molar-refractivity contribution is 6.30. The summed E-state index contributed by atoms with van der Waals surface area (Å²) in [6, 6.07) is 0. The average molecular weight is 150 g/mol. The Morgan fingerprint density at radius 3 is 2.78 bits per heavy atom. The molecule has 0 aliphatic rings. The van der Waals surface area contributed by atoms with Gasteiger partial charge in [0.25, 0.3) is 0 Å². The minimum absolute atomic E-state index is 0.373. The van der Waals surface area contributed by atoms with Gasteiger partial charge < -0.3 is 4.74 Å². The van der Waals surface area contributed by atoms with Crippen molar-refractivity contribution in [3.8, 4) is 0 Å². The molecule has 0 heterocycles. The van der Waals surface area contributed by atoms with Crippen molar-refractivity contribution in [3.05, 3.63) is 6.42 Å². The van der Waals surface area contributed by atoms with E-state index in [0.29, 0.717) is 6.61 Å². The van der Waals surface area contributed by atoms with Crippen LogP contribution in [0.2, 0.25) is 0 Å². The summed E-state index contributed by atoms with van der Waals surface area (Å²) in [4.78, 5) is 10.6. The highest BCUT2D eigenvalue weighted by Gasteiger charge is 2.12. The number of hydrogen-bond donors (Lipinski definition) is 0. The fraction of sp³-hybridized carbons (Fsp3) is 0.667. The second-order valence-electron chi connectivity index (χ2n) is 1.49. The van der Waals surface area contributed by atoms with E-state index in [-0.39, 0.29) is 5.97 Å². The fourth-order valence-electron chi connectivity index (χ4n) is 0.358. The van der Waals surface area contributed by atoms with Gasteiger partial charge in [0.2, 0.25) is 0 Å². The second kappa shape index (κ2) is 4.62. The van der Waals surface area contributed by atoms with Gasteiger partial charge in [-0.05, 0) is 13.3 Å². The lowest BCUT2D eigenvalue weighted by Crippen LogP contribution is -2.16. The minimum atomic E-state index is -0.593. The molecule has 0 aliphatic carbocycles. The van der Waals surface area contributed by atoms with E-state index >= 15 is 0 Å². The third-order valence-corrected chi connectivity index (χ3v) is 1.23. The van der Waals surface area contributed by atoms with Crippen LogP contribution in [0.5, 0.6) is 0 Å². The van der Waals surface area contributed by atoms with Gasteiger partial charge in [0.05, 0.1) is 6.61 Å². The van der Waals surface area contributed by atoms with Crippen LogP contribution in [0.25, 0.3) is 0 Å². The maximum Gasteiger partial charge on any atom is 0.324 e. The van der Waals surface area contributed by atoms with E-state index in [1.165, 1.54) is 0 Å². The summed E-state index contributed by atoms with van der Waals surface area (Å²) in [6.45, 7) is 3.85. The lowest BCUT2D eigenvalue weighted by atomic mass is 10.3. The molecule has 0 N–H and O–H groups in total. The van der Waals surface area contributed by atoms with E-state index < -0.39 is 5.38 Å². The van der Waals surface area contributed by atoms with Crippen molar-refractivity contribution in [2.24, 2.45) is 0 Å². The van der Waals surface area contributed by atoms with Gasteiger partial charge in [-0.3, -0.25) is 4.79 Å². The van der Waals surface area contributed by atoms with Gasteiger partial charge in [0.1, 0.15) is 5.38 Å². The van der Waals surface area contributed by atoms with Gasteiger partial charge in [-0.1, -0.05) is 6.92 Å². The van der Waals surface area contributed by atoms with E-state index in [1.54, 1.807) is 20.3 Å². The normalized spacial score (nSPS) is 12.8. The number of carbonyl (C=O) groups excluding carboxylic acids is 1. The number of rotatable bonds is 3. The third-order valence-electron chi connectivity index (χ3n) is 0.804. The molecule has 0 bridgehead atoms. The first-order valence-electron chi connectivity index (χ1n) is 2.82. The molecule has 0 saturated carbocycles. The Hall–Kier alpha value is -0.240. The SMILES string of the molecule is C[CH]C(Cl)C(=O)OCC. The molecular weight excluding hydrogens is 140 g/mol. The van der Waals surface area contributed by atoms with E-state index in [9.17, 15) is 4.79 Å². The number of alkyl halides is 1. The predicted octanol–water partition coefficient (Wildman–Crippen LogP) is 1.38. The second-order valence-corrected chi connectivity index (χ2v) is 1.96. The van der Waals surface area contributed by atoms with Crippen molar-refractivity contribution in [3.63, 3.8) is 0 Å². The molecule has 53 valence electrons. The molecule has 9 heavy (non-hydrogen) atoms. The van der Waals surface area contributed by atoms with Crippen molar-refractivity contribution >= 4 is 17.6 Å². The molecule has 0 spiro atoms. The summed E-state index contributed by atoms with van der Waals surface area (Å²) in [5, 5.41) is -0.593. The quantitative estimate of drug-likeness (QED) is 0.448. The smallest absolute Gasteiger partial charge is 0.324 e. The molecule has 0 aromatic heterocycles. The number of esters is 1. The zero-order valence-electron chi connectivity index (χ0n) is 5.56. The molecule has 3 heteroatoms. The topological polar surface area (TPSA) is 26.3 Å². The molecule has 0 aliphatic heterocycles. The maximum absolute atomic E-state index is 10.6. The molecule has 1 atom stereocenters. The molecule has 1 unspecified atom stereocenters. The zero-order valence-corrected chi connectivity index (χ0v) is 6.31. The summed E-state index contributed by atoms with van der Waals surface area (Å²) in [7, 11) is 0. The van der Waals surface area contributed by atoms with Gasteiger partial charge in [0.15, 0.2) is 0 Å². The molecule has 0 fully saturated rings. The van der Waals surface area contributed by atoms with Gasteiger partial charge in [0, 0.05) is 0 Å². The summed E-state index contributed by atoms with van der Waals surface area (Å²) in [5.41, 5.74) is 0. The Labute approximate surface area is 60.1 Å². The van der Waals surface area contributed by atoms with Gasteiger partial charge >= 0.3 is 5.97 Å². The fourth-order valence-corrected chi connectivity index (χ4v) is 0.421. The predicted molar refractivity (Wildman–Crippen MR) is 36.2 cm³/mol. The van der Waals surface area contributed by atoms with E-state index in [2.05, 4.69) is 4.74 Å². The summed E-state index contributed by atoms with van der Waals surface area (Å²) >= 11 is 5.46. The van der Waals surface area contributed by atoms with Crippen LogP contribution in [-0.4, -0.2) is 18.0 Å². The lowest BCUT2D eigenvalue weighted by molar-refractivity contribution is -0.141. The molecule has 2 nitrogen and oxygen atoms in total. The summed E-state index contributed by atoms with van der Waals surface area (Å²) < 4.78 is 4.59. The van der Waals surface area contributed by atoms with Crippen molar-refractivity contribution in [1.82, 2.24) is 0 Å².